The Morgan fingerprint density at radius 1 is 0.481 bits per heavy atom. The van der Waals surface area contributed by atoms with Gasteiger partial charge in [0.1, 0.15) is 0 Å². The molecule has 5 fully saturated rings. The minimum absolute atomic E-state index is 0.777. The summed E-state index contributed by atoms with van der Waals surface area (Å²) in [5.74, 6) is 8.72. The van der Waals surface area contributed by atoms with E-state index < -0.39 is 0 Å². The molecule has 0 heterocycles. The van der Waals surface area contributed by atoms with Crippen LogP contribution in [0.2, 0.25) is 0 Å². The minimum atomic E-state index is 0.777. The van der Waals surface area contributed by atoms with E-state index in [1.165, 1.54) is 12.8 Å². The predicted molar refractivity (Wildman–Crippen MR) is 116 cm³/mol. The lowest BCUT2D eigenvalue weighted by Gasteiger charge is -2.57. The zero-order valence-electron chi connectivity index (χ0n) is 18.4. The van der Waals surface area contributed by atoms with Crippen molar-refractivity contribution in [3.8, 4) is 0 Å². The highest BCUT2D eigenvalue weighted by molar-refractivity contribution is 5.13. The Bertz CT molecular complexity index is 448. The van der Waals surface area contributed by atoms with Gasteiger partial charge in [-0.1, -0.05) is 65.2 Å². The maximum Gasteiger partial charge on any atom is -0.0179 e. The lowest BCUT2D eigenvalue weighted by Crippen LogP contribution is -2.50. The van der Waals surface area contributed by atoms with Crippen molar-refractivity contribution < 1.29 is 0 Å². The van der Waals surface area contributed by atoms with Gasteiger partial charge in [0.15, 0.2) is 0 Å². The van der Waals surface area contributed by atoms with E-state index in [-0.39, 0.29) is 0 Å². The molecule has 0 aromatic carbocycles. The molecule has 0 heteroatoms. The number of rotatable bonds is 2. The lowest BCUT2D eigenvalue weighted by molar-refractivity contribution is -0.0821. The minimum Gasteiger partial charge on any atom is -0.0625 e. The van der Waals surface area contributed by atoms with Gasteiger partial charge in [0.25, 0.3) is 0 Å². The van der Waals surface area contributed by atoms with E-state index >= 15 is 0 Å². The van der Waals surface area contributed by atoms with Crippen molar-refractivity contribution in [3.05, 3.63) is 0 Å². The molecule has 0 N–H and O–H groups in total. The van der Waals surface area contributed by atoms with Crippen molar-refractivity contribution in [2.24, 2.45) is 52.8 Å². The van der Waals surface area contributed by atoms with Gasteiger partial charge in [0, 0.05) is 0 Å². The SMILES string of the molecule is CC1CCC2C3CCC(C)CC3C(C3CCCCC3)(C3CCCCC3)C2C1. The predicted octanol–water partition coefficient (Wildman–Crippen LogP) is 8.25. The van der Waals surface area contributed by atoms with Gasteiger partial charge < -0.3 is 0 Å². The fraction of sp³-hybridized carbons (Fsp3) is 1.00. The summed E-state index contributed by atoms with van der Waals surface area (Å²) < 4.78 is 0. The second-order valence-corrected chi connectivity index (χ2v) is 12.0. The smallest absolute Gasteiger partial charge is 0.0179 e. The van der Waals surface area contributed by atoms with Gasteiger partial charge in [-0.2, -0.15) is 0 Å². The van der Waals surface area contributed by atoms with Crippen LogP contribution in [0.5, 0.6) is 0 Å². The molecule has 0 aromatic rings. The maximum atomic E-state index is 2.60. The first-order chi connectivity index (χ1) is 13.2. The molecule has 0 nitrogen and oxygen atoms in total. The van der Waals surface area contributed by atoms with Crippen molar-refractivity contribution in [3.63, 3.8) is 0 Å². The van der Waals surface area contributed by atoms with Crippen LogP contribution in [0.1, 0.15) is 117 Å². The summed E-state index contributed by atoms with van der Waals surface area (Å²) in [6, 6.07) is 0. The van der Waals surface area contributed by atoms with Crippen molar-refractivity contribution >= 4 is 0 Å². The van der Waals surface area contributed by atoms with Crippen LogP contribution in [0.15, 0.2) is 0 Å². The molecule has 0 spiro atoms. The quantitative estimate of drug-likeness (QED) is 0.459. The third kappa shape index (κ3) is 3.06. The molecular weight excluding hydrogens is 324 g/mol. The van der Waals surface area contributed by atoms with Gasteiger partial charge in [-0.25, -0.2) is 0 Å². The van der Waals surface area contributed by atoms with E-state index in [0.717, 1.165) is 52.8 Å². The van der Waals surface area contributed by atoms with Crippen LogP contribution in [0.3, 0.4) is 0 Å². The van der Waals surface area contributed by atoms with Crippen LogP contribution in [0.4, 0.5) is 0 Å². The van der Waals surface area contributed by atoms with Crippen LogP contribution < -0.4 is 0 Å². The highest BCUT2D eigenvalue weighted by Crippen LogP contribution is 2.72. The Balaban J connectivity index is 1.59. The van der Waals surface area contributed by atoms with Crippen LogP contribution in [0.25, 0.3) is 0 Å². The fourth-order valence-corrected chi connectivity index (χ4v) is 10.0. The highest BCUT2D eigenvalue weighted by atomic mass is 14.7. The molecular formula is C27H46. The van der Waals surface area contributed by atoms with Crippen LogP contribution >= 0.6 is 0 Å². The van der Waals surface area contributed by atoms with Gasteiger partial charge in [0.05, 0.1) is 0 Å². The Kier molecular flexibility index (Phi) is 5.40. The van der Waals surface area contributed by atoms with E-state index in [9.17, 15) is 0 Å². The third-order valence-electron chi connectivity index (χ3n) is 10.8. The van der Waals surface area contributed by atoms with Gasteiger partial charge >= 0.3 is 0 Å². The standard InChI is InChI=1S/C27H46/c1-19-13-15-23-24-16-14-20(2)18-26(24)27(25(23)17-19,21-9-5-3-6-10-21)22-11-7-4-8-12-22/h19-26H,3-18H2,1-2H3. The number of fused-ring (bicyclic) bond motifs is 3. The molecule has 0 aliphatic heterocycles. The van der Waals surface area contributed by atoms with Gasteiger partial charge in [-0.15, -0.1) is 0 Å². The molecule has 5 saturated carbocycles. The fourth-order valence-electron chi connectivity index (χ4n) is 10.0. The normalized spacial score (nSPS) is 46.0. The highest BCUT2D eigenvalue weighted by Gasteiger charge is 2.65. The van der Waals surface area contributed by atoms with E-state index in [2.05, 4.69) is 13.8 Å². The number of hydrogen-bond acceptors (Lipinski definition) is 0. The zero-order valence-corrected chi connectivity index (χ0v) is 18.4. The van der Waals surface area contributed by atoms with E-state index in [1.54, 1.807) is 89.9 Å². The van der Waals surface area contributed by atoms with E-state index in [1.807, 2.05) is 0 Å². The molecule has 5 rings (SSSR count). The molecule has 5 aliphatic rings. The maximum absolute atomic E-state index is 2.60. The molecule has 27 heavy (non-hydrogen) atoms. The molecule has 154 valence electrons. The largest absolute Gasteiger partial charge is 0.0625 e. The molecule has 0 bridgehead atoms. The Hall–Kier alpha value is 0. The van der Waals surface area contributed by atoms with Crippen LogP contribution in [0, 0.1) is 52.8 Å². The van der Waals surface area contributed by atoms with Crippen molar-refractivity contribution in [1.82, 2.24) is 0 Å². The first kappa shape index (κ1) is 19.0. The molecule has 6 unspecified atom stereocenters. The monoisotopic (exact) mass is 370 g/mol. The van der Waals surface area contributed by atoms with Crippen molar-refractivity contribution in [2.45, 2.75) is 117 Å². The Morgan fingerprint density at radius 2 is 0.889 bits per heavy atom. The first-order valence-corrected chi connectivity index (χ1v) is 13.2. The molecule has 0 radical (unpaired) electrons. The molecule has 6 atom stereocenters. The van der Waals surface area contributed by atoms with Gasteiger partial charge in [0.2, 0.25) is 0 Å². The Labute approximate surface area is 169 Å². The zero-order chi connectivity index (χ0) is 18.4. The topological polar surface area (TPSA) is 0 Å². The summed E-state index contributed by atoms with van der Waals surface area (Å²) in [5, 5.41) is 0. The first-order valence-electron chi connectivity index (χ1n) is 13.2. The van der Waals surface area contributed by atoms with E-state index in [4.69, 9.17) is 0 Å². The molecule has 0 aromatic heterocycles. The summed E-state index contributed by atoms with van der Waals surface area (Å²) in [6.07, 6.45) is 25.2. The van der Waals surface area contributed by atoms with Crippen molar-refractivity contribution in [2.75, 3.05) is 0 Å². The molecule has 5 aliphatic carbocycles. The Morgan fingerprint density at radius 3 is 1.30 bits per heavy atom. The summed E-state index contributed by atoms with van der Waals surface area (Å²) in [5.41, 5.74) is 0.777. The lowest BCUT2D eigenvalue weighted by atomic mass is 9.48. The summed E-state index contributed by atoms with van der Waals surface area (Å²) in [4.78, 5) is 0. The van der Waals surface area contributed by atoms with Crippen LogP contribution in [-0.4, -0.2) is 0 Å². The second-order valence-electron chi connectivity index (χ2n) is 12.0. The summed E-state index contributed by atoms with van der Waals surface area (Å²) in [7, 11) is 0. The van der Waals surface area contributed by atoms with E-state index in [0.29, 0.717) is 0 Å². The van der Waals surface area contributed by atoms with Crippen molar-refractivity contribution in [1.29, 1.82) is 0 Å². The molecule has 0 saturated heterocycles. The average molecular weight is 371 g/mol. The molecule has 0 amide bonds. The van der Waals surface area contributed by atoms with Crippen LogP contribution in [-0.2, 0) is 0 Å². The average Bonchev–Trinajstić information content (AvgIpc) is 2.99. The number of hydrogen-bond donors (Lipinski definition) is 0. The van der Waals surface area contributed by atoms with Gasteiger partial charge in [-0.05, 0) is 104 Å². The van der Waals surface area contributed by atoms with Gasteiger partial charge in [-0.3, -0.25) is 0 Å². The third-order valence-corrected chi connectivity index (χ3v) is 10.8. The summed E-state index contributed by atoms with van der Waals surface area (Å²) in [6.45, 7) is 5.21. The second kappa shape index (κ2) is 7.68. The summed E-state index contributed by atoms with van der Waals surface area (Å²) >= 11 is 0.